The summed E-state index contributed by atoms with van der Waals surface area (Å²) >= 11 is 1.42. The van der Waals surface area contributed by atoms with Crippen LogP contribution in [-0.2, 0) is 4.74 Å². The largest absolute Gasteiger partial charge is 0.497 e. The van der Waals surface area contributed by atoms with Gasteiger partial charge < -0.3 is 9.47 Å². The average Bonchev–Trinajstić information content (AvgIpc) is 2.59. The number of hydrogen-bond donors (Lipinski definition) is 0. The van der Waals surface area contributed by atoms with Crippen molar-refractivity contribution in [2.45, 2.75) is 12.3 Å². The van der Waals surface area contributed by atoms with Gasteiger partial charge in [-0.05, 0) is 59.0 Å². The maximum Gasteiger partial charge on any atom is 0.431 e. The Bertz CT molecular complexity index is 746. The van der Waals surface area contributed by atoms with Gasteiger partial charge in [-0.3, -0.25) is 0 Å². The van der Waals surface area contributed by atoms with Gasteiger partial charge in [0.15, 0.2) is 0 Å². The Hall–Kier alpha value is -2.10. The van der Waals surface area contributed by atoms with Gasteiger partial charge in [0.25, 0.3) is 0 Å². The highest BCUT2D eigenvalue weighted by molar-refractivity contribution is 14.1. The number of benzene rings is 2. The molecule has 2 aromatic rings. The van der Waals surface area contributed by atoms with Crippen molar-refractivity contribution >= 4 is 38.0 Å². The molecular formula is C17H13F3INO3. The Morgan fingerprint density at radius 1 is 1.08 bits per heavy atom. The summed E-state index contributed by atoms with van der Waals surface area (Å²) < 4.78 is 49.1. The van der Waals surface area contributed by atoms with E-state index < -0.39 is 22.0 Å². The Labute approximate surface area is 155 Å². The number of halogens is 4. The Morgan fingerprint density at radius 3 is 2.20 bits per heavy atom. The van der Waals surface area contributed by atoms with Crippen LogP contribution in [0.3, 0.4) is 0 Å². The average molecular weight is 463 g/mol. The number of rotatable bonds is 5. The number of carbonyl (C=O) groups is 1. The Kier molecular flexibility index (Phi) is 6.40. The van der Waals surface area contributed by atoms with Gasteiger partial charge in [0.2, 0.25) is 6.10 Å². The number of methoxy groups -OCH3 is 1. The summed E-state index contributed by atoms with van der Waals surface area (Å²) in [5.41, 5.74) is 0.320. The number of nitrogens with zero attached hydrogens (tertiary/aromatic N) is 1. The molecule has 132 valence electrons. The van der Waals surface area contributed by atoms with Crippen LogP contribution >= 0.6 is 22.6 Å². The zero-order valence-electron chi connectivity index (χ0n) is 13.0. The second kappa shape index (κ2) is 8.32. The molecule has 0 aliphatic rings. The van der Waals surface area contributed by atoms with Crippen molar-refractivity contribution in [1.82, 2.24) is 0 Å². The van der Waals surface area contributed by atoms with Gasteiger partial charge in [-0.15, -0.1) is 0 Å². The van der Waals surface area contributed by atoms with E-state index in [1.807, 2.05) is 0 Å². The molecule has 8 heteroatoms. The van der Waals surface area contributed by atoms with E-state index in [4.69, 9.17) is 4.74 Å². The molecule has 0 aliphatic heterocycles. The number of aliphatic imine (C=N–C) groups is 1. The van der Waals surface area contributed by atoms with Gasteiger partial charge >= 0.3 is 12.1 Å². The van der Waals surface area contributed by atoms with Crippen molar-refractivity contribution in [2.24, 2.45) is 4.99 Å². The van der Waals surface area contributed by atoms with Crippen molar-refractivity contribution in [3.63, 3.8) is 0 Å². The summed E-state index contributed by atoms with van der Waals surface area (Å²) in [6.45, 7) is 0. The van der Waals surface area contributed by atoms with Crippen LogP contribution in [0.2, 0.25) is 0 Å². The second-order valence-corrected chi connectivity index (χ2v) is 5.93. The lowest BCUT2D eigenvalue weighted by atomic mass is 10.2. The van der Waals surface area contributed by atoms with E-state index in [9.17, 15) is 18.0 Å². The molecule has 2 aromatic carbocycles. The van der Waals surface area contributed by atoms with Gasteiger partial charge in [0.05, 0.1) is 18.4 Å². The topological polar surface area (TPSA) is 47.9 Å². The van der Waals surface area contributed by atoms with Crippen LogP contribution in [0.1, 0.15) is 10.4 Å². The fourth-order valence-corrected chi connectivity index (χ4v) is 2.60. The smallest absolute Gasteiger partial charge is 0.431 e. The summed E-state index contributed by atoms with van der Waals surface area (Å²) in [6.07, 6.45) is -7.22. The number of carbonyl (C=O) groups excluding carboxylic acids is 1. The third-order valence-corrected chi connectivity index (χ3v) is 3.86. The minimum absolute atomic E-state index is 0.0328. The lowest BCUT2D eigenvalue weighted by Crippen LogP contribution is -2.38. The van der Waals surface area contributed by atoms with Crippen LogP contribution in [0.15, 0.2) is 59.6 Å². The van der Waals surface area contributed by atoms with Crippen LogP contribution in [0, 0.1) is 0 Å². The normalized spacial score (nSPS) is 13.2. The summed E-state index contributed by atoms with van der Waals surface area (Å²) in [6, 6.07) is 13.6. The minimum atomic E-state index is -4.78. The molecule has 0 radical (unpaired) electrons. The summed E-state index contributed by atoms with van der Waals surface area (Å²) in [5, 5.41) is 0. The highest BCUT2D eigenvalue weighted by Gasteiger charge is 2.46. The first-order chi connectivity index (χ1) is 11.8. The van der Waals surface area contributed by atoms with Gasteiger partial charge in [0, 0.05) is 0 Å². The minimum Gasteiger partial charge on any atom is -0.497 e. The van der Waals surface area contributed by atoms with Gasteiger partial charge in [-0.1, -0.05) is 18.2 Å². The van der Waals surface area contributed by atoms with Crippen LogP contribution in [0.5, 0.6) is 5.75 Å². The fourth-order valence-electron chi connectivity index (χ4n) is 1.84. The molecule has 4 nitrogen and oxygen atoms in total. The van der Waals surface area contributed by atoms with Crippen molar-refractivity contribution in [2.75, 3.05) is 7.11 Å². The lowest BCUT2D eigenvalue weighted by molar-refractivity contribution is -0.181. The summed E-state index contributed by atoms with van der Waals surface area (Å²) in [7, 11) is 1.48. The zero-order valence-corrected chi connectivity index (χ0v) is 15.1. The zero-order chi connectivity index (χ0) is 18.4. The molecule has 0 bridgehead atoms. The Balaban J connectivity index is 2.24. The number of ether oxygens (including phenoxy) is 2. The highest BCUT2D eigenvalue weighted by atomic mass is 127. The first kappa shape index (κ1) is 19.2. The molecule has 1 unspecified atom stereocenters. The van der Waals surface area contributed by atoms with Gasteiger partial charge in [0.1, 0.15) is 9.47 Å². The molecule has 0 saturated heterocycles. The second-order valence-electron chi connectivity index (χ2n) is 4.83. The standard InChI is InChI=1S/C17H13F3INO3/c1-24-13-9-7-12(8-10-13)22-15(21)14(17(18,19)20)25-16(23)11-5-3-2-4-6-11/h2-10,14H,1H3. The van der Waals surface area contributed by atoms with Crippen molar-refractivity contribution < 1.29 is 27.4 Å². The third kappa shape index (κ3) is 5.45. The predicted molar refractivity (Wildman–Crippen MR) is 95.8 cm³/mol. The third-order valence-electron chi connectivity index (χ3n) is 3.06. The maximum atomic E-state index is 13.3. The van der Waals surface area contributed by atoms with Crippen LogP contribution in [0.25, 0.3) is 0 Å². The molecule has 0 fully saturated rings. The van der Waals surface area contributed by atoms with Crippen LogP contribution < -0.4 is 4.74 Å². The van der Waals surface area contributed by atoms with E-state index in [1.165, 1.54) is 66.1 Å². The maximum absolute atomic E-state index is 13.3. The van der Waals surface area contributed by atoms with E-state index in [-0.39, 0.29) is 11.3 Å². The van der Waals surface area contributed by atoms with Gasteiger partial charge in [-0.2, -0.15) is 13.2 Å². The molecule has 1 atom stereocenters. The molecule has 0 heterocycles. The number of alkyl halides is 3. The van der Waals surface area contributed by atoms with Crippen LogP contribution in [-0.4, -0.2) is 29.1 Å². The van der Waals surface area contributed by atoms with Crippen molar-refractivity contribution in [3.05, 3.63) is 60.2 Å². The fraction of sp³-hybridized carbons (Fsp3) is 0.176. The number of esters is 1. The summed E-state index contributed by atoms with van der Waals surface area (Å²) in [4.78, 5) is 15.8. The summed E-state index contributed by atoms with van der Waals surface area (Å²) in [5.74, 6) is -0.515. The Morgan fingerprint density at radius 2 is 1.68 bits per heavy atom. The van der Waals surface area contributed by atoms with Gasteiger partial charge in [-0.25, -0.2) is 9.79 Å². The lowest BCUT2D eigenvalue weighted by Gasteiger charge is -2.19. The molecule has 0 N–H and O–H groups in total. The van der Waals surface area contributed by atoms with Crippen LogP contribution in [0.4, 0.5) is 18.9 Å². The first-order valence-corrected chi connectivity index (χ1v) is 8.10. The van der Waals surface area contributed by atoms with Crippen molar-refractivity contribution in [3.8, 4) is 5.75 Å². The monoisotopic (exact) mass is 463 g/mol. The van der Waals surface area contributed by atoms with E-state index in [0.29, 0.717) is 5.75 Å². The molecule has 25 heavy (non-hydrogen) atoms. The molecular weight excluding hydrogens is 450 g/mol. The molecule has 0 aromatic heterocycles. The van der Waals surface area contributed by atoms with E-state index in [1.54, 1.807) is 18.2 Å². The number of hydrogen-bond acceptors (Lipinski definition) is 4. The molecule has 0 saturated carbocycles. The quantitative estimate of drug-likeness (QED) is 0.359. The SMILES string of the molecule is COc1ccc(N=C(I)C(OC(=O)c2ccccc2)C(F)(F)F)cc1. The predicted octanol–water partition coefficient (Wildman–Crippen LogP) is 4.95. The first-order valence-electron chi connectivity index (χ1n) is 7.02. The highest BCUT2D eigenvalue weighted by Crippen LogP contribution is 2.29. The van der Waals surface area contributed by atoms with E-state index in [2.05, 4.69) is 9.73 Å². The molecule has 2 rings (SSSR count). The molecule has 0 aliphatic carbocycles. The molecule has 0 amide bonds. The van der Waals surface area contributed by atoms with Crippen molar-refractivity contribution in [1.29, 1.82) is 0 Å². The molecule has 0 spiro atoms. The van der Waals surface area contributed by atoms with E-state index >= 15 is 0 Å². The van der Waals surface area contributed by atoms with E-state index in [0.717, 1.165) is 0 Å².